The molecule has 1 aromatic carbocycles. The number of ether oxygens (including phenoxy) is 1. The maximum atomic E-state index is 12.8. The molecule has 3 saturated heterocycles. The molecule has 6 nitrogen and oxygen atoms in total. The maximum Gasteiger partial charge on any atom is 0.243 e. The number of aliphatic hydroxyl groups excluding tert-OH is 1. The van der Waals surface area contributed by atoms with Crippen LogP contribution in [0.4, 0.5) is 0 Å². The summed E-state index contributed by atoms with van der Waals surface area (Å²) in [4.78, 5) is 2.78. The van der Waals surface area contributed by atoms with Gasteiger partial charge in [0.15, 0.2) is 0 Å². The standard InChI is InChI=1S/C20H30N2O4S/c23-17-6-10-21(11-7-17)15-18-14-20(16-26-18)8-12-22(13-9-20)27(24,25)19-4-2-1-3-5-19/h1-5,17-18,23H,6-16H2/t18-/m0/s1. The molecular formula is C20H30N2O4S. The lowest BCUT2D eigenvalue weighted by molar-refractivity contribution is 0.0327. The smallest absolute Gasteiger partial charge is 0.243 e. The number of piperidine rings is 2. The molecule has 0 radical (unpaired) electrons. The van der Waals surface area contributed by atoms with E-state index in [1.807, 2.05) is 6.07 Å². The summed E-state index contributed by atoms with van der Waals surface area (Å²) < 4.78 is 33.4. The van der Waals surface area contributed by atoms with Gasteiger partial charge < -0.3 is 14.7 Å². The summed E-state index contributed by atoms with van der Waals surface area (Å²) in [6, 6.07) is 8.72. The number of aliphatic hydroxyl groups is 1. The van der Waals surface area contributed by atoms with Gasteiger partial charge in [-0.2, -0.15) is 4.31 Å². The van der Waals surface area contributed by atoms with E-state index in [0.717, 1.165) is 58.3 Å². The molecule has 3 heterocycles. The minimum Gasteiger partial charge on any atom is -0.393 e. The van der Waals surface area contributed by atoms with Crippen molar-refractivity contribution in [1.82, 2.24) is 9.21 Å². The third-order valence-corrected chi connectivity index (χ3v) is 8.38. The molecule has 1 N–H and O–H groups in total. The van der Waals surface area contributed by atoms with E-state index in [4.69, 9.17) is 4.74 Å². The molecule has 7 heteroatoms. The van der Waals surface area contributed by atoms with Crippen LogP contribution in [0.5, 0.6) is 0 Å². The van der Waals surface area contributed by atoms with Crippen LogP contribution in [0.2, 0.25) is 0 Å². The Morgan fingerprint density at radius 1 is 1.07 bits per heavy atom. The van der Waals surface area contributed by atoms with Gasteiger partial charge in [0.05, 0.1) is 23.7 Å². The summed E-state index contributed by atoms with van der Waals surface area (Å²) >= 11 is 0. The highest BCUT2D eigenvalue weighted by Gasteiger charge is 2.44. The molecule has 0 unspecified atom stereocenters. The molecular weight excluding hydrogens is 364 g/mol. The lowest BCUT2D eigenvalue weighted by atomic mass is 9.77. The van der Waals surface area contributed by atoms with Gasteiger partial charge in [-0.05, 0) is 49.7 Å². The maximum absolute atomic E-state index is 12.8. The molecule has 1 aromatic rings. The number of hydrogen-bond acceptors (Lipinski definition) is 5. The molecule has 1 atom stereocenters. The molecule has 0 saturated carbocycles. The van der Waals surface area contributed by atoms with Crippen LogP contribution in [-0.2, 0) is 14.8 Å². The van der Waals surface area contributed by atoms with Crippen LogP contribution in [0.15, 0.2) is 35.2 Å². The van der Waals surface area contributed by atoms with Crippen LogP contribution in [0, 0.1) is 5.41 Å². The Hall–Kier alpha value is -0.990. The van der Waals surface area contributed by atoms with Crippen LogP contribution >= 0.6 is 0 Å². The van der Waals surface area contributed by atoms with Crippen LogP contribution in [0.25, 0.3) is 0 Å². The average Bonchev–Trinajstić information content (AvgIpc) is 3.07. The molecule has 3 fully saturated rings. The first-order valence-electron chi connectivity index (χ1n) is 10.0. The Kier molecular flexibility index (Phi) is 5.58. The van der Waals surface area contributed by atoms with Gasteiger partial charge in [0.1, 0.15) is 0 Å². The highest BCUT2D eigenvalue weighted by atomic mass is 32.2. The number of sulfonamides is 1. The quantitative estimate of drug-likeness (QED) is 0.842. The third kappa shape index (κ3) is 4.22. The monoisotopic (exact) mass is 394 g/mol. The zero-order chi connectivity index (χ0) is 18.9. The summed E-state index contributed by atoms with van der Waals surface area (Å²) in [6.07, 6.45) is 4.55. The second kappa shape index (κ2) is 7.79. The summed E-state index contributed by atoms with van der Waals surface area (Å²) in [5.41, 5.74) is 0.128. The van der Waals surface area contributed by atoms with E-state index in [2.05, 4.69) is 4.90 Å². The number of benzene rings is 1. The zero-order valence-corrected chi connectivity index (χ0v) is 16.6. The predicted molar refractivity (Wildman–Crippen MR) is 103 cm³/mol. The second-order valence-electron chi connectivity index (χ2n) is 8.39. The van der Waals surface area contributed by atoms with E-state index in [-0.39, 0.29) is 17.6 Å². The van der Waals surface area contributed by atoms with Gasteiger partial charge in [-0.15, -0.1) is 0 Å². The van der Waals surface area contributed by atoms with E-state index in [1.54, 1.807) is 28.6 Å². The van der Waals surface area contributed by atoms with Gasteiger partial charge in [0.2, 0.25) is 10.0 Å². The number of nitrogens with zero attached hydrogens (tertiary/aromatic N) is 2. The van der Waals surface area contributed by atoms with E-state index in [1.165, 1.54) is 0 Å². The Balaban J connectivity index is 1.31. The molecule has 0 aromatic heterocycles. The van der Waals surface area contributed by atoms with Crippen molar-refractivity contribution < 1.29 is 18.3 Å². The second-order valence-corrected chi connectivity index (χ2v) is 10.3. The molecule has 150 valence electrons. The van der Waals surface area contributed by atoms with Crippen molar-refractivity contribution in [3.8, 4) is 0 Å². The van der Waals surface area contributed by atoms with Crippen molar-refractivity contribution in [2.24, 2.45) is 5.41 Å². The Morgan fingerprint density at radius 2 is 1.74 bits per heavy atom. The van der Waals surface area contributed by atoms with Crippen molar-refractivity contribution in [1.29, 1.82) is 0 Å². The first-order valence-corrected chi connectivity index (χ1v) is 11.5. The molecule has 0 aliphatic carbocycles. The van der Waals surface area contributed by atoms with E-state index in [0.29, 0.717) is 18.0 Å². The van der Waals surface area contributed by atoms with Crippen LogP contribution in [0.3, 0.4) is 0 Å². The van der Waals surface area contributed by atoms with Crippen molar-refractivity contribution in [3.63, 3.8) is 0 Å². The normalized spacial score (nSPS) is 28.0. The summed E-state index contributed by atoms with van der Waals surface area (Å²) in [6.45, 7) is 4.70. The first-order chi connectivity index (χ1) is 13.0. The minimum absolute atomic E-state index is 0.128. The van der Waals surface area contributed by atoms with Gasteiger partial charge in [0, 0.05) is 32.7 Å². The summed E-state index contributed by atoms with van der Waals surface area (Å²) in [7, 11) is -3.39. The van der Waals surface area contributed by atoms with Crippen molar-refractivity contribution in [3.05, 3.63) is 30.3 Å². The molecule has 3 aliphatic heterocycles. The molecule has 1 spiro atoms. The highest BCUT2D eigenvalue weighted by Crippen LogP contribution is 2.43. The number of likely N-dealkylation sites (tertiary alicyclic amines) is 1. The van der Waals surface area contributed by atoms with Gasteiger partial charge in [0.25, 0.3) is 0 Å². The van der Waals surface area contributed by atoms with E-state index >= 15 is 0 Å². The Morgan fingerprint density at radius 3 is 2.41 bits per heavy atom. The van der Waals surface area contributed by atoms with Gasteiger partial charge in [-0.25, -0.2) is 8.42 Å². The van der Waals surface area contributed by atoms with Crippen molar-refractivity contribution in [2.75, 3.05) is 39.3 Å². The zero-order valence-electron chi connectivity index (χ0n) is 15.8. The van der Waals surface area contributed by atoms with Gasteiger partial charge in [-0.3, -0.25) is 0 Å². The van der Waals surface area contributed by atoms with Gasteiger partial charge in [-0.1, -0.05) is 18.2 Å². The topological polar surface area (TPSA) is 70.1 Å². The Labute approximate surface area is 162 Å². The summed E-state index contributed by atoms with van der Waals surface area (Å²) in [5.74, 6) is 0. The van der Waals surface area contributed by atoms with Crippen LogP contribution < -0.4 is 0 Å². The summed E-state index contributed by atoms with van der Waals surface area (Å²) in [5, 5.41) is 9.65. The highest BCUT2D eigenvalue weighted by molar-refractivity contribution is 7.89. The van der Waals surface area contributed by atoms with Crippen molar-refractivity contribution >= 4 is 10.0 Å². The van der Waals surface area contributed by atoms with Crippen molar-refractivity contribution in [2.45, 2.75) is 49.2 Å². The first kappa shape index (κ1) is 19.3. The SMILES string of the molecule is O=S(=O)(c1ccccc1)N1CCC2(CC1)CO[C@H](CN1CCC(O)CC1)C2. The Bertz CT molecular complexity index is 724. The van der Waals surface area contributed by atoms with Gasteiger partial charge >= 0.3 is 0 Å². The molecule has 0 amide bonds. The molecule has 0 bridgehead atoms. The predicted octanol–water partition coefficient (Wildman–Crippen LogP) is 1.70. The van der Waals surface area contributed by atoms with E-state index < -0.39 is 10.0 Å². The fraction of sp³-hybridized carbons (Fsp3) is 0.700. The fourth-order valence-electron chi connectivity index (χ4n) is 4.69. The molecule has 27 heavy (non-hydrogen) atoms. The number of rotatable bonds is 4. The minimum atomic E-state index is -3.39. The third-order valence-electron chi connectivity index (χ3n) is 6.47. The van der Waals surface area contributed by atoms with E-state index in [9.17, 15) is 13.5 Å². The molecule has 3 aliphatic rings. The lowest BCUT2D eigenvalue weighted by Gasteiger charge is -2.38. The largest absolute Gasteiger partial charge is 0.393 e. The average molecular weight is 395 g/mol. The fourth-order valence-corrected chi connectivity index (χ4v) is 6.16. The lowest BCUT2D eigenvalue weighted by Crippen LogP contribution is -2.44. The number of hydrogen-bond donors (Lipinski definition) is 1. The van der Waals surface area contributed by atoms with Crippen LogP contribution in [-0.4, -0.2) is 74.3 Å². The van der Waals surface area contributed by atoms with Crippen LogP contribution in [0.1, 0.15) is 32.1 Å². The molecule has 4 rings (SSSR count).